The maximum atomic E-state index is 12.8. The number of carboxylic acids is 1. The standard InChI is InChI=1S/C15H13NO5S/c17-15(18)14-10-16(12-8-4-5-9-13(12)21-14)22(19,20)11-6-2-1-3-7-11/h1-9,14H,10H2,(H,17,18)/t14-/m0/s1. The molecule has 0 radical (unpaired) electrons. The van der Waals surface area contributed by atoms with Crippen LogP contribution in [0.5, 0.6) is 5.75 Å². The molecule has 0 amide bonds. The number of benzene rings is 2. The molecule has 114 valence electrons. The second kappa shape index (κ2) is 5.34. The number of sulfonamides is 1. The Balaban J connectivity index is 2.11. The van der Waals surface area contributed by atoms with Crippen LogP contribution < -0.4 is 9.04 Å². The summed E-state index contributed by atoms with van der Waals surface area (Å²) in [5, 5.41) is 9.17. The molecule has 1 aliphatic heterocycles. The average Bonchev–Trinajstić information content (AvgIpc) is 2.54. The van der Waals surface area contributed by atoms with Crippen LogP contribution in [0.4, 0.5) is 5.69 Å². The topological polar surface area (TPSA) is 83.9 Å². The summed E-state index contributed by atoms with van der Waals surface area (Å²) in [4.78, 5) is 11.3. The number of nitrogens with zero attached hydrogens (tertiary/aromatic N) is 1. The molecule has 0 aliphatic carbocycles. The van der Waals surface area contributed by atoms with Crippen molar-refractivity contribution in [1.29, 1.82) is 0 Å². The minimum Gasteiger partial charge on any atom is -0.478 e. The van der Waals surface area contributed by atoms with Crippen molar-refractivity contribution in [1.82, 2.24) is 0 Å². The summed E-state index contributed by atoms with van der Waals surface area (Å²) in [5.74, 6) is -0.969. The number of hydrogen-bond donors (Lipinski definition) is 1. The van der Waals surface area contributed by atoms with E-state index in [1.165, 1.54) is 12.1 Å². The number of hydrogen-bond acceptors (Lipinski definition) is 4. The van der Waals surface area contributed by atoms with E-state index < -0.39 is 22.1 Å². The smallest absolute Gasteiger partial charge is 0.346 e. The van der Waals surface area contributed by atoms with Crippen LogP contribution in [0.3, 0.4) is 0 Å². The van der Waals surface area contributed by atoms with E-state index in [0.29, 0.717) is 5.69 Å². The highest BCUT2D eigenvalue weighted by atomic mass is 32.2. The summed E-state index contributed by atoms with van der Waals surface area (Å²) < 4.78 is 32.0. The molecule has 1 N–H and O–H groups in total. The van der Waals surface area contributed by atoms with E-state index in [0.717, 1.165) is 4.31 Å². The molecule has 1 atom stereocenters. The first-order chi connectivity index (χ1) is 10.5. The van der Waals surface area contributed by atoms with Crippen LogP contribution in [-0.2, 0) is 14.8 Å². The predicted octanol–water partition coefficient (Wildman–Crippen LogP) is 1.73. The van der Waals surface area contributed by atoms with Gasteiger partial charge in [0.1, 0.15) is 5.75 Å². The molecule has 0 saturated carbocycles. The minimum absolute atomic E-state index is 0.107. The van der Waals surface area contributed by atoms with Gasteiger partial charge in [-0.1, -0.05) is 30.3 Å². The Morgan fingerprint density at radius 2 is 1.73 bits per heavy atom. The summed E-state index contributed by atoms with van der Waals surface area (Å²) in [7, 11) is -3.85. The molecule has 0 aromatic heterocycles. The van der Waals surface area contributed by atoms with E-state index in [-0.39, 0.29) is 17.2 Å². The largest absolute Gasteiger partial charge is 0.478 e. The monoisotopic (exact) mass is 319 g/mol. The van der Waals surface area contributed by atoms with Gasteiger partial charge in [0.15, 0.2) is 0 Å². The highest BCUT2D eigenvalue weighted by Gasteiger charge is 2.37. The molecular weight excluding hydrogens is 306 g/mol. The molecule has 1 heterocycles. The van der Waals surface area contributed by atoms with Crippen LogP contribution in [0, 0.1) is 0 Å². The quantitative estimate of drug-likeness (QED) is 0.931. The summed E-state index contributed by atoms with van der Waals surface area (Å²) in [6.45, 7) is -0.274. The number of para-hydroxylation sites is 2. The molecule has 1 aliphatic rings. The lowest BCUT2D eigenvalue weighted by Crippen LogP contribution is -2.47. The number of aliphatic carboxylic acids is 1. The van der Waals surface area contributed by atoms with Crippen LogP contribution in [0.2, 0.25) is 0 Å². The van der Waals surface area contributed by atoms with Crippen molar-refractivity contribution in [3.63, 3.8) is 0 Å². The molecule has 7 heteroatoms. The van der Waals surface area contributed by atoms with Crippen molar-refractivity contribution < 1.29 is 23.1 Å². The summed E-state index contributed by atoms with van der Waals surface area (Å²) in [5.41, 5.74) is 0.337. The van der Waals surface area contributed by atoms with Crippen LogP contribution in [-0.4, -0.2) is 32.1 Å². The molecule has 0 unspecified atom stereocenters. The zero-order valence-corrected chi connectivity index (χ0v) is 12.2. The summed E-state index contributed by atoms with van der Waals surface area (Å²) in [6, 6.07) is 14.4. The van der Waals surface area contributed by atoms with E-state index in [2.05, 4.69) is 0 Å². The Kier molecular flexibility index (Phi) is 3.50. The molecule has 2 aromatic rings. The molecule has 0 spiro atoms. The Labute approximate surface area is 127 Å². The van der Waals surface area contributed by atoms with Gasteiger partial charge in [0.25, 0.3) is 10.0 Å². The van der Waals surface area contributed by atoms with Gasteiger partial charge >= 0.3 is 5.97 Å². The van der Waals surface area contributed by atoms with Crippen molar-refractivity contribution in [3.05, 3.63) is 54.6 Å². The van der Waals surface area contributed by atoms with E-state index in [1.54, 1.807) is 42.5 Å². The third kappa shape index (κ3) is 2.39. The highest BCUT2D eigenvalue weighted by Crippen LogP contribution is 2.36. The van der Waals surface area contributed by atoms with Gasteiger partial charge < -0.3 is 9.84 Å². The lowest BCUT2D eigenvalue weighted by Gasteiger charge is -2.33. The normalized spacial score (nSPS) is 17.5. The lowest BCUT2D eigenvalue weighted by molar-refractivity contribution is -0.144. The van der Waals surface area contributed by atoms with Crippen LogP contribution in [0.15, 0.2) is 59.5 Å². The van der Waals surface area contributed by atoms with Gasteiger partial charge in [0, 0.05) is 0 Å². The third-order valence-corrected chi connectivity index (χ3v) is 5.14. The Hall–Kier alpha value is -2.54. The van der Waals surface area contributed by atoms with Crippen LogP contribution in [0.1, 0.15) is 0 Å². The molecule has 0 saturated heterocycles. The van der Waals surface area contributed by atoms with E-state index >= 15 is 0 Å². The molecule has 0 bridgehead atoms. The molecule has 22 heavy (non-hydrogen) atoms. The summed E-state index contributed by atoms with van der Waals surface area (Å²) in [6.07, 6.45) is -1.24. The number of anilines is 1. The minimum atomic E-state index is -3.85. The number of carboxylic acid groups (broad SMARTS) is 1. The van der Waals surface area contributed by atoms with Gasteiger partial charge in [-0.3, -0.25) is 4.31 Å². The van der Waals surface area contributed by atoms with Crippen LogP contribution >= 0.6 is 0 Å². The maximum absolute atomic E-state index is 12.8. The molecule has 6 nitrogen and oxygen atoms in total. The Morgan fingerprint density at radius 3 is 2.41 bits per heavy atom. The number of carbonyl (C=O) groups is 1. The fourth-order valence-electron chi connectivity index (χ4n) is 2.28. The van der Waals surface area contributed by atoms with Crippen molar-refractivity contribution in [2.45, 2.75) is 11.0 Å². The molecule has 0 fully saturated rings. The van der Waals surface area contributed by atoms with Crippen molar-refractivity contribution in [2.75, 3.05) is 10.8 Å². The zero-order chi connectivity index (χ0) is 15.7. The van der Waals surface area contributed by atoms with Crippen molar-refractivity contribution in [2.24, 2.45) is 0 Å². The van der Waals surface area contributed by atoms with E-state index in [4.69, 9.17) is 4.74 Å². The second-order valence-electron chi connectivity index (χ2n) is 4.76. The van der Waals surface area contributed by atoms with Gasteiger partial charge in [-0.05, 0) is 24.3 Å². The fourth-order valence-corrected chi connectivity index (χ4v) is 3.78. The maximum Gasteiger partial charge on any atom is 0.346 e. The van der Waals surface area contributed by atoms with Gasteiger partial charge in [0.2, 0.25) is 6.10 Å². The highest BCUT2D eigenvalue weighted by molar-refractivity contribution is 7.92. The van der Waals surface area contributed by atoms with E-state index in [1.807, 2.05) is 0 Å². The number of rotatable bonds is 3. The van der Waals surface area contributed by atoms with Crippen LogP contribution in [0.25, 0.3) is 0 Å². The first kappa shape index (κ1) is 14.4. The van der Waals surface area contributed by atoms with Gasteiger partial charge in [0.05, 0.1) is 17.1 Å². The molecular formula is C15H13NO5S. The molecule has 2 aromatic carbocycles. The van der Waals surface area contributed by atoms with Gasteiger partial charge in [-0.2, -0.15) is 0 Å². The zero-order valence-electron chi connectivity index (χ0n) is 11.4. The lowest BCUT2D eigenvalue weighted by atomic mass is 10.2. The van der Waals surface area contributed by atoms with Crippen molar-refractivity contribution in [3.8, 4) is 5.75 Å². The number of ether oxygens (including phenoxy) is 1. The third-order valence-electron chi connectivity index (χ3n) is 3.34. The Morgan fingerprint density at radius 1 is 1.09 bits per heavy atom. The average molecular weight is 319 g/mol. The SMILES string of the molecule is O=C(O)[C@@H]1CN(S(=O)(=O)c2ccccc2)c2ccccc2O1. The predicted molar refractivity (Wildman–Crippen MR) is 79.5 cm³/mol. The fraction of sp³-hybridized carbons (Fsp3) is 0.133. The Bertz CT molecular complexity index is 804. The number of fused-ring (bicyclic) bond motifs is 1. The van der Waals surface area contributed by atoms with E-state index in [9.17, 15) is 18.3 Å². The van der Waals surface area contributed by atoms with Gasteiger partial charge in [-0.15, -0.1) is 0 Å². The van der Waals surface area contributed by atoms with Crippen molar-refractivity contribution >= 4 is 21.7 Å². The first-order valence-corrected chi connectivity index (χ1v) is 8.00. The first-order valence-electron chi connectivity index (χ1n) is 6.56. The molecule has 3 rings (SSSR count). The summed E-state index contributed by atoms with van der Waals surface area (Å²) >= 11 is 0. The second-order valence-corrected chi connectivity index (χ2v) is 6.62. The van der Waals surface area contributed by atoms with Gasteiger partial charge in [-0.25, -0.2) is 13.2 Å².